The van der Waals surface area contributed by atoms with Crippen molar-refractivity contribution in [3.05, 3.63) is 42.5 Å². The van der Waals surface area contributed by atoms with Crippen molar-refractivity contribution in [2.75, 3.05) is 12.8 Å². The molecular formula is C13H13NO2. The van der Waals surface area contributed by atoms with Gasteiger partial charge < -0.3 is 15.6 Å². The Hall–Kier alpha value is -2.16. The van der Waals surface area contributed by atoms with Gasteiger partial charge in [0.15, 0.2) is 0 Å². The molecule has 3 N–H and O–H groups in total. The Bertz CT molecular complexity index is 492. The summed E-state index contributed by atoms with van der Waals surface area (Å²) in [5.41, 5.74) is 8.03. The molecule has 0 aromatic heterocycles. The second-order valence-electron chi connectivity index (χ2n) is 3.50. The van der Waals surface area contributed by atoms with E-state index in [0.717, 1.165) is 16.9 Å². The van der Waals surface area contributed by atoms with Crippen molar-refractivity contribution in [3.8, 4) is 22.6 Å². The van der Waals surface area contributed by atoms with Gasteiger partial charge in [-0.25, -0.2) is 0 Å². The Kier molecular flexibility index (Phi) is 2.68. The van der Waals surface area contributed by atoms with Gasteiger partial charge >= 0.3 is 0 Å². The molecule has 0 unspecified atom stereocenters. The number of aromatic hydroxyl groups is 1. The molecule has 2 aromatic rings. The van der Waals surface area contributed by atoms with Gasteiger partial charge in [0.05, 0.1) is 12.8 Å². The third kappa shape index (κ3) is 1.93. The van der Waals surface area contributed by atoms with Crippen LogP contribution in [0.4, 0.5) is 5.69 Å². The normalized spacial score (nSPS) is 10.1. The predicted octanol–water partition coefficient (Wildman–Crippen LogP) is 2.65. The highest BCUT2D eigenvalue weighted by Gasteiger charge is 2.01. The summed E-state index contributed by atoms with van der Waals surface area (Å²) in [5.74, 6) is 0.924. The van der Waals surface area contributed by atoms with E-state index >= 15 is 0 Å². The van der Waals surface area contributed by atoms with Crippen LogP contribution in [0, 0.1) is 0 Å². The van der Waals surface area contributed by atoms with Gasteiger partial charge in [0.1, 0.15) is 11.5 Å². The number of rotatable bonds is 2. The van der Waals surface area contributed by atoms with Crippen LogP contribution < -0.4 is 10.5 Å². The lowest BCUT2D eigenvalue weighted by Gasteiger charge is -2.05. The molecule has 0 aliphatic carbocycles. The third-order valence-corrected chi connectivity index (χ3v) is 2.45. The standard InChI is InChI=1S/C13H13NO2/c1-16-11-5-2-9(3-6-11)10-4-7-13(15)12(14)8-10/h2-8,15H,14H2,1H3. The van der Waals surface area contributed by atoms with Gasteiger partial charge in [0.2, 0.25) is 0 Å². The number of nitrogens with two attached hydrogens (primary N) is 1. The molecule has 0 radical (unpaired) electrons. The van der Waals surface area contributed by atoms with Crippen molar-refractivity contribution < 1.29 is 9.84 Å². The second-order valence-corrected chi connectivity index (χ2v) is 3.50. The van der Waals surface area contributed by atoms with Crippen LogP contribution in [0.2, 0.25) is 0 Å². The molecule has 0 spiro atoms. The zero-order chi connectivity index (χ0) is 11.5. The van der Waals surface area contributed by atoms with Gasteiger partial charge in [0, 0.05) is 0 Å². The molecule has 2 rings (SSSR count). The number of methoxy groups -OCH3 is 1. The molecule has 0 aliphatic rings. The molecule has 2 aromatic carbocycles. The largest absolute Gasteiger partial charge is 0.506 e. The Morgan fingerprint density at radius 3 is 2.19 bits per heavy atom. The lowest BCUT2D eigenvalue weighted by molar-refractivity contribution is 0.415. The van der Waals surface area contributed by atoms with Crippen molar-refractivity contribution in [2.24, 2.45) is 0 Å². The van der Waals surface area contributed by atoms with Crippen LogP contribution >= 0.6 is 0 Å². The zero-order valence-corrected chi connectivity index (χ0v) is 8.97. The van der Waals surface area contributed by atoms with Crippen molar-refractivity contribution in [1.82, 2.24) is 0 Å². The first-order valence-electron chi connectivity index (χ1n) is 4.93. The van der Waals surface area contributed by atoms with Crippen molar-refractivity contribution in [2.45, 2.75) is 0 Å². The Morgan fingerprint density at radius 1 is 1.00 bits per heavy atom. The molecule has 0 saturated carbocycles. The first-order valence-corrected chi connectivity index (χ1v) is 4.93. The quantitative estimate of drug-likeness (QED) is 0.598. The average molecular weight is 215 g/mol. The maximum atomic E-state index is 9.33. The van der Waals surface area contributed by atoms with Crippen LogP contribution in [0.5, 0.6) is 11.5 Å². The van der Waals surface area contributed by atoms with E-state index < -0.39 is 0 Å². The van der Waals surface area contributed by atoms with Crippen LogP contribution in [0.15, 0.2) is 42.5 Å². The maximum Gasteiger partial charge on any atom is 0.138 e. The van der Waals surface area contributed by atoms with E-state index in [1.807, 2.05) is 30.3 Å². The number of phenolic OH excluding ortho intramolecular Hbond substituents is 1. The van der Waals surface area contributed by atoms with Gasteiger partial charge in [-0.3, -0.25) is 0 Å². The summed E-state index contributed by atoms with van der Waals surface area (Å²) in [7, 11) is 1.63. The minimum absolute atomic E-state index is 0.109. The summed E-state index contributed by atoms with van der Waals surface area (Å²) >= 11 is 0. The number of hydrogen-bond donors (Lipinski definition) is 2. The highest BCUT2D eigenvalue weighted by atomic mass is 16.5. The Morgan fingerprint density at radius 2 is 1.62 bits per heavy atom. The summed E-state index contributed by atoms with van der Waals surface area (Å²) in [6, 6.07) is 12.8. The molecular weight excluding hydrogens is 202 g/mol. The molecule has 3 heteroatoms. The first-order chi connectivity index (χ1) is 7.70. The zero-order valence-electron chi connectivity index (χ0n) is 8.97. The smallest absolute Gasteiger partial charge is 0.138 e. The molecule has 0 heterocycles. The van der Waals surface area contributed by atoms with Gasteiger partial charge in [-0.05, 0) is 35.4 Å². The van der Waals surface area contributed by atoms with Crippen LogP contribution in [0.25, 0.3) is 11.1 Å². The number of anilines is 1. The fourth-order valence-electron chi connectivity index (χ4n) is 1.52. The third-order valence-electron chi connectivity index (χ3n) is 2.45. The topological polar surface area (TPSA) is 55.5 Å². The summed E-state index contributed by atoms with van der Waals surface area (Å²) in [5, 5.41) is 9.33. The lowest BCUT2D eigenvalue weighted by Crippen LogP contribution is -1.87. The highest BCUT2D eigenvalue weighted by Crippen LogP contribution is 2.28. The summed E-state index contributed by atoms with van der Waals surface area (Å²) in [4.78, 5) is 0. The minimum Gasteiger partial charge on any atom is -0.506 e. The van der Waals surface area contributed by atoms with E-state index in [1.54, 1.807) is 19.2 Å². The van der Waals surface area contributed by atoms with Crippen molar-refractivity contribution in [1.29, 1.82) is 0 Å². The molecule has 82 valence electrons. The monoisotopic (exact) mass is 215 g/mol. The van der Waals surface area contributed by atoms with E-state index in [0.29, 0.717) is 5.69 Å². The fourth-order valence-corrected chi connectivity index (χ4v) is 1.52. The van der Waals surface area contributed by atoms with Crippen LogP contribution in [0.3, 0.4) is 0 Å². The maximum absolute atomic E-state index is 9.33. The molecule has 0 amide bonds. The number of ether oxygens (including phenoxy) is 1. The van der Waals surface area contributed by atoms with Crippen LogP contribution in [-0.2, 0) is 0 Å². The number of phenols is 1. The lowest BCUT2D eigenvalue weighted by atomic mass is 10.0. The summed E-state index contributed by atoms with van der Waals surface area (Å²) in [6.45, 7) is 0. The van der Waals surface area contributed by atoms with E-state index in [1.165, 1.54) is 0 Å². The van der Waals surface area contributed by atoms with Crippen LogP contribution in [-0.4, -0.2) is 12.2 Å². The number of nitrogen functional groups attached to an aromatic ring is 1. The molecule has 0 atom stereocenters. The van der Waals surface area contributed by atoms with Gasteiger partial charge in [-0.2, -0.15) is 0 Å². The predicted molar refractivity (Wildman–Crippen MR) is 64.5 cm³/mol. The molecule has 16 heavy (non-hydrogen) atoms. The van der Waals surface area contributed by atoms with Crippen molar-refractivity contribution >= 4 is 5.69 Å². The fraction of sp³-hybridized carbons (Fsp3) is 0.0769. The average Bonchev–Trinajstić information content (AvgIpc) is 2.33. The van der Waals surface area contributed by atoms with E-state index in [9.17, 15) is 5.11 Å². The van der Waals surface area contributed by atoms with E-state index in [-0.39, 0.29) is 5.75 Å². The summed E-state index contributed by atoms with van der Waals surface area (Å²) in [6.07, 6.45) is 0. The second kappa shape index (κ2) is 4.14. The van der Waals surface area contributed by atoms with Gasteiger partial charge in [-0.15, -0.1) is 0 Å². The molecule has 0 saturated heterocycles. The SMILES string of the molecule is COc1ccc(-c2ccc(O)c(N)c2)cc1. The van der Waals surface area contributed by atoms with Gasteiger partial charge in [0.25, 0.3) is 0 Å². The Balaban J connectivity index is 2.38. The van der Waals surface area contributed by atoms with Crippen molar-refractivity contribution in [3.63, 3.8) is 0 Å². The first kappa shape index (κ1) is 10.4. The molecule has 0 aliphatic heterocycles. The Labute approximate surface area is 94.1 Å². The number of benzene rings is 2. The van der Waals surface area contributed by atoms with E-state index in [2.05, 4.69) is 0 Å². The number of hydrogen-bond acceptors (Lipinski definition) is 3. The molecule has 3 nitrogen and oxygen atoms in total. The molecule has 0 fully saturated rings. The van der Waals surface area contributed by atoms with Gasteiger partial charge in [-0.1, -0.05) is 18.2 Å². The summed E-state index contributed by atoms with van der Waals surface area (Å²) < 4.78 is 5.08. The highest BCUT2D eigenvalue weighted by molar-refractivity contribution is 5.70. The van der Waals surface area contributed by atoms with Crippen LogP contribution in [0.1, 0.15) is 0 Å². The minimum atomic E-state index is 0.109. The molecule has 0 bridgehead atoms. The van der Waals surface area contributed by atoms with E-state index in [4.69, 9.17) is 10.5 Å².